The SMILES string of the molecule is CC(C)CC[C@H](O)[C@H](N)c1ccccc1F.Cl. The number of hydrogen-bond donors (Lipinski definition) is 2. The predicted octanol–water partition coefficient (Wildman–Crippen LogP) is 3.04. The summed E-state index contributed by atoms with van der Waals surface area (Å²) in [4.78, 5) is 0. The van der Waals surface area contributed by atoms with Gasteiger partial charge in [-0.05, 0) is 24.8 Å². The van der Waals surface area contributed by atoms with E-state index in [9.17, 15) is 9.50 Å². The lowest BCUT2D eigenvalue weighted by Crippen LogP contribution is -2.27. The van der Waals surface area contributed by atoms with Crippen molar-refractivity contribution in [3.63, 3.8) is 0 Å². The number of aliphatic hydroxyl groups excluding tert-OH is 1. The molecule has 0 aliphatic heterocycles. The van der Waals surface area contributed by atoms with Gasteiger partial charge in [-0.2, -0.15) is 0 Å². The van der Waals surface area contributed by atoms with Crippen LogP contribution in [-0.2, 0) is 0 Å². The first kappa shape index (κ1) is 16.4. The van der Waals surface area contributed by atoms with Gasteiger partial charge in [-0.1, -0.05) is 32.0 Å². The average molecular weight is 262 g/mol. The highest BCUT2D eigenvalue weighted by Crippen LogP contribution is 2.21. The van der Waals surface area contributed by atoms with Crippen LogP contribution >= 0.6 is 12.4 Å². The van der Waals surface area contributed by atoms with E-state index in [-0.39, 0.29) is 18.2 Å². The number of nitrogens with two attached hydrogens (primary N) is 1. The minimum atomic E-state index is -0.681. The Bertz CT molecular complexity index is 333. The van der Waals surface area contributed by atoms with Crippen LogP contribution in [0.4, 0.5) is 4.39 Å². The molecule has 0 bridgehead atoms. The van der Waals surface area contributed by atoms with E-state index in [1.54, 1.807) is 18.2 Å². The predicted molar refractivity (Wildman–Crippen MR) is 70.7 cm³/mol. The van der Waals surface area contributed by atoms with Crippen LogP contribution < -0.4 is 5.73 Å². The molecular weight excluding hydrogens is 241 g/mol. The van der Waals surface area contributed by atoms with Gasteiger partial charge in [-0.25, -0.2) is 4.39 Å². The first-order chi connectivity index (χ1) is 7.52. The summed E-state index contributed by atoms with van der Waals surface area (Å²) >= 11 is 0. The molecule has 0 aromatic heterocycles. The highest BCUT2D eigenvalue weighted by molar-refractivity contribution is 5.85. The van der Waals surface area contributed by atoms with Crippen LogP contribution in [0, 0.1) is 11.7 Å². The first-order valence-corrected chi connectivity index (χ1v) is 5.70. The van der Waals surface area contributed by atoms with Crippen LogP contribution in [-0.4, -0.2) is 11.2 Å². The number of rotatable bonds is 5. The van der Waals surface area contributed by atoms with Crippen LogP contribution in [0.5, 0.6) is 0 Å². The van der Waals surface area contributed by atoms with Gasteiger partial charge in [-0.3, -0.25) is 0 Å². The smallest absolute Gasteiger partial charge is 0.128 e. The van der Waals surface area contributed by atoms with Gasteiger partial charge >= 0.3 is 0 Å². The summed E-state index contributed by atoms with van der Waals surface area (Å²) in [6.07, 6.45) is 0.815. The molecule has 3 N–H and O–H groups in total. The lowest BCUT2D eigenvalue weighted by Gasteiger charge is -2.20. The maximum absolute atomic E-state index is 13.4. The Labute approximate surface area is 108 Å². The molecule has 0 spiro atoms. The highest BCUT2D eigenvalue weighted by Gasteiger charge is 2.19. The minimum absolute atomic E-state index is 0. The molecule has 0 saturated carbocycles. The monoisotopic (exact) mass is 261 g/mol. The molecule has 2 nitrogen and oxygen atoms in total. The topological polar surface area (TPSA) is 46.2 Å². The highest BCUT2D eigenvalue weighted by atomic mass is 35.5. The van der Waals surface area contributed by atoms with Crippen molar-refractivity contribution in [2.75, 3.05) is 0 Å². The van der Waals surface area contributed by atoms with Crippen LogP contribution in [0.15, 0.2) is 24.3 Å². The molecule has 1 aromatic carbocycles. The van der Waals surface area contributed by atoms with Crippen molar-refractivity contribution in [1.29, 1.82) is 0 Å². The maximum atomic E-state index is 13.4. The fraction of sp³-hybridized carbons (Fsp3) is 0.538. The van der Waals surface area contributed by atoms with Gasteiger partial charge in [0.25, 0.3) is 0 Å². The van der Waals surface area contributed by atoms with E-state index in [0.717, 1.165) is 6.42 Å². The zero-order valence-corrected chi connectivity index (χ0v) is 11.1. The van der Waals surface area contributed by atoms with Gasteiger partial charge in [0, 0.05) is 5.56 Å². The van der Waals surface area contributed by atoms with Crippen LogP contribution in [0.3, 0.4) is 0 Å². The Morgan fingerprint density at radius 3 is 2.35 bits per heavy atom. The second-order valence-electron chi connectivity index (χ2n) is 4.59. The van der Waals surface area contributed by atoms with Crippen molar-refractivity contribution in [1.82, 2.24) is 0 Å². The third-order valence-electron chi connectivity index (χ3n) is 2.72. The third kappa shape index (κ3) is 5.02. The number of benzene rings is 1. The van der Waals surface area contributed by atoms with E-state index in [2.05, 4.69) is 13.8 Å². The Hall–Kier alpha value is -0.640. The van der Waals surface area contributed by atoms with E-state index in [0.29, 0.717) is 17.9 Å². The van der Waals surface area contributed by atoms with Crippen LogP contribution in [0.2, 0.25) is 0 Å². The molecule has 0 radical (unpaired) electrons. The molecule has 0 unspecified atom stereocenters. The van der Waals surface area contributed by atoms with E-state index < -0.39 is 12.1 Å². The molecule has 0 fully saturated rings. The number of hydrogen-bond acceptors (Lipinski definition) is 2. The normalized spacial score (nSPS) is 14.2. The van der Waals surface area contributed by atoms with E-state index in [1.807, 2.05) is 0 Å². The van der Waals surface area contributed by atoms with Gasteiger partial charge in [0.15, 0.2) is 0 Å². The molecule has 1 rings (SSSR count). The second-order valence-corrected chi connectivity index (χ2v) is 4.59. The van der Waals surface area contributed by atoms with Crippen LogP contribution in [0.1, 0.15) is 38.3 Å². The van der Waals surface area contributed by atoms with Crippen molar-refractivity contribution < 1.29 is 9.50 Å². The number of aliphatic hydroxyl groups is 1. The van der Waals surface area contributed by atoms with E-state index in [1.165, 1.54) is 6.07 Å². The zero-order chi connectivity index (χ0) is 12.1. The summed E-state index contributed by atoms with van der Waals surface area (Å²) < 4.78 is 13.4. The fourth-order valence-corrected chi connectivity index (χ4v) is 1.64. The Kier molecular flexibility index (Phi) is 7.35. The molecule has 4 heteroatoms. The molecule has 0 heterocycles. The van der Waals surface area contributed by atoms with Crippen molar-refractivity contribution >= 4 is 12.4 Å². The Morgan fingerprint density at radius 2 is 1.82 bits per heavy atom. The lowest BCUT2D eigenvalue weighted by molar-refractivity contribution is 0.127. The molecule has 17 heavy (non-hydrogen) atoms. The number of halogens is 2. The van der Waals surface area contributed by atoms with Gasteiger partial charge in [-0.15, -0.1) is 12.4 Å². The van der Waals surface area contributed by atoms with Crippen molar-refractivity contribution in [3.8, 4) is 0 Å². The standard InChI is InChI=1S/C13H20FNO.ClH/c1-9(2)7-8-12(16)13(15)10-5-3-4-6-11(10)14;/h3-6,9,12-13,16H,7-8,15H2,1-2H3;1H/t12-,13+;/m0./s1. The third-order valence-corrected chi connectivity index (χ3v) is 2.72. The Morgan fingerprint density at radius 1 is 1.24 bits per heavy atom. The van der Waals surface area contributed by atoms with Crippen molar-refractivity contribution in [2.45, 2.75) is 38.8 Å². The summed E-state index contributed by atoms with van der Waals surface area (Å²) in [5, 5.41) is 9.85. The zero-order valence-electron chi connectivity index (χ0n) is 10.3. The fourth-order valence-electron chi connectivity index (χ4n) is 1.64. The molecular formula is C13H21ClFNO. The second kappa shape index (κ2) is 7.64. The molecule has 1 aromatic rings. The summed E-state index contributed by atoms with van der Waals surface area (Å²) in [7, 11) is 0. The summed E-state index contributed by atoms with van der Waals surface area (Å²) in [6, 6.07) is 5.70. The van der Waals surface area contributed by atoms with Crippen molar-refractivity contribution in [3.05, 3.63) is 35.6 Å². The first-order valence-electron chi connectivity index (χ1n) is 5.70. The van der Waals surface area contributed by atoms with Gasteiger partial charge in [0.1, 0.15) is 5.82 Å². The van der Waals surface area contributed by atoms with E-state index in [4.69, 9.17) is 5.73 Å². The quantitative estimate of drug-likeness (QED) is 0.856. The van der Waals surface area contributed by atoms with Gasteiger partial charge in [0.2, 0.25) is 0 Å². The molecule has 0 aliphatic rings. The summed E-state index contributed by atoms with van der Waals surface area (Å²) in [5.74, 6) is 0.168. The average Bonchev–Trinajstić information content (AvgIpc) is 2.25. The summed E-state index contributed by atoms with van der Waals surface area (Å²) in [5.41, 5.74) is 6.22. The minimum Gasteiger partial charge on any atom is -0.391 e. The molecule has 98 valence electrons. The van der Waals surface area contributed by atoms with E-state index >= 15 is 0 Å². The van der Waals surface area contributed by atoms with Gasteiger partial charge < -0.3 is 10.8 Å². The molecule has 0 saturated heterocycles. The van der Waals surface area contributed by atoms with Gasteiger partial charge in [0.05, 0.1) is 12.1 Å². The largest absolute Gasteiger partial charge is 0.391 e. The maximum Gasteiger partial charge on any atom is 0.128 e. The van der Waals surface area contributed by atoms with Crippen LogP contribution in [0.25, 0.3) is 0 Å². The molecule has 2 atom stereocenters. The molecule has 0 aliphatic carbocycles. The molecule has 0 amide bonds. The van der Waals surface area contributed by atoms with Crippen molar-refractivity contribution in [2.24, 2.45) is 11.7 Å². The lowest BCUT2D eigenvalue weighted by atomic mass is 9.96. The Balaban J connectivity index is 0.00000256. The summed E-state index contributed by atoms with van der Waals surface area (Å²) in [6.45, 7) is 4.17.